The van der Waals surface area contributed by atoms with Crippen molar-refractivity contribution in [2.24, 2.45) is 0 Å². The highest BCUT2D eigenvalue weighted by Crippen LogP contribution is 2.21. The van der Waals surface area contributed by atoms with Crippen LogP contribution >= 0.6 is 0 Å². The Kier molecular flexibility index (Phi) is 3.21. The molecule has 5 nitrogen and oxygen atoms in total. The quantitative estimate of drug-likeness (QED) is 0.884. The van der Waals surface area contributed by atoms with Crippen molar-refractivity contribution in [2.75, 3.05) is 20.2 Å². The summed E-state index contributed by atoms with van der Waals surface area (Å²) in [7, 11) is 1.59. The van der Waals surface area contributed by atoms with Gasteiger partial charge in [-0.2, -0.15) is 0 Å². The summed E-state index contributed by atoms with van der Waals surface area (Å²) >= 11 is 0. The van der Waals surface area contributed by atoms with E-state index in [1.807, 2.05) is 12.1 Å². The molecule has 0 bridgehead atoms. The van der Waals surface area contributed by atoms with Crippen molar-refractivity contribution in [3.8, 4) is 5.75 Å². The van der Waals surface area contributed by atoms with E-state index in [4.69, 9.17) is 4.74 Å². The maximum atomic E-state index is 12.5. The van der Waals surface area contributed by atoms with E-state index in [0.29, 0.717) is 16.7 Å². The summed E-state index contributed by atoms with van der Waals surface area (Å²) in [6.07, 6.45) is 3.75. The lowest BCUT2D eigenvalue weighted by atomic mass is 10.1. The average molecular weight is 259 g/mol. The molecule has 1 fully saturated rings. The van der Waals surface area contributed by atoms with Crippen LogP contribution in [0.1, 0.15) is 18.9 Å². The van der Waals surface area contributed by atoms with Gasteiger partial charge in [-0.15, -0.1) is 0 Å². The summed E-state index contributed by atoms with van der Waals surface area (Å²) in [6.45, 7) is 1.86. The molecule has 2 aromatic rings. The van der Waals surface area contributed by atoms with Gasteiger partial charge in [-0.1, -0.05) is 6.07 Å². The van der Waals surface area contributed by atoms with E-state index < -0.39 is 0 Å². The summed E-state index contributed by atoms with van der Waals surface area (Å²) < 4.78 is 6.99. The molecule has 1 atom stereocenters. The van der Waals surface area contributed by atoms with E-state index in [2.05, 4.69) is 10.3 Å². The number of ether oxygens (including phenoxy) is 1. The number of methoxy groups -OCH3 is 1. The van der Waals surface area contributed by atoms with Crippen LogP contribution in [0.4, 0.5) is 0 Å². The molecule has 1 saturated heterocycles. The molecule has 1 aliphatic rings. The van der Waals surface area contributed by atoms with E-state index in [9.17, 15) is 4.79 Å². The zero-order chi connectivity index (χ0) is 13.2. The third-order valence-electron chi connectivity index (χ3n) is 3.66. The zero-order valence-electron chi connectivity index (χ0n) is 10.9. The highest BCUT2D eigenvalue weighted by Gasteiger charge is 2.17. The molecule has 1 aromatic heterocycles. The largest absolute Gasteiger partial charge is 0.494 e. The van der Waals surface area contributed by atoms with Gasteiger partial charge in [-0.05, 0) is 31.5 Å². The van der Waals surface area contributed by atoms with Gasteiger partial charge in [0.1, 0.15) is 11.3 Å². The van der Waals surface area contributed by atoms with Crippen molar-refractivity contribution in [1.82, 2.24) is 14.9 Å². The fraction of sp³-hybridized carbons (Fsp3) is 0.429. The first-order chi connectivity index (χ1) is 9.31. The molecule has 1 aromatic carbocycles. The van der Waals surface area contributed by atoms with Gasteiger partial charge in [0.05, 0.1) is 24.9 Å². The molecule has 100 valence electrons. The highest BCUT2D eigenvalue weighted by atomic mass is 16.5. The molecular weight excluding hydrogens is 242 g/mol. The zero-order valence-corrected chi connectivity index (χ0v) is 10.9. The fourth-order valence-corrected chi connectivity index (χ4v) is 2.64. The van der Waals surface area contributed by atoms with Gasteiger partial charge < -0.3 is 10.1 Å². The first-order valence-corrected chi connectivity index (χ1v) is 6.56. The molecule has 0 spiro atoms. The van der Waals surface area contributed by atoms with Crippen molar-refractivity contribution in [1.29, 1.82) is 0 Å². The summed E-state index contributed by atoms with van der Waals surface area (Å²) in [4.78, 5) is 16.9. The molecule has 1 aliphatic heterocycles. The minimum absolute atomic E-state index is 0.0117. The van der Waals surface area contributed by atoms with Crippen molar-refractivity contribution in [2.45, 2.75) is 18.9 Å². The normalized spacial score (nSPS) is 19.5. The van der Waals surface area contributed by atoms with Gasteiger partial charge in [-0.25, -0.2) is 4.98 Å². The number of fused-ring (bicyclic) bond motifs is 1. The molecule has 0 saturated carbocycles. The van der Waals surface area contributed by atoms with E-state index in [-0.39, 0.29) is 11.6 Å². The monoisotopic (exact) mass is 259 g/mol. The second kappa shape index (κ2) is 5.01. The fourth-order valence-electron chi connectivity index (χ4n) is 2.64. The lowest BCUT2D eigenvalue weighted by Crippen LogP contribution is -2.36. The van der Waals surface area contributed by atoms with Crippen LogP contribution in [0.25, 0.3) is 10.9 Å². The molecular formula is C14H17N3O2. The van der Waals surface area contributed by atoms with Gasteiger partial charge in [0.15, 0.2) is 0 Å². The van der Waals surface area contributed by atoms with Crippen LogP contribution in [-0.2, 0) is 0 Å². The Hall–Kier alpha value is -1.88. The number of hydrogen-bond acceptors (Lipinski definition) is 4. The van der Waals surface area contributed by atoms with Crippen LogP contribution in [0.15, 0.2) is 29.3 Å². The van der Waals surface area contributed by atoms with Crippen molar-refractivity contribution < 1.29 is 4.74 Å². The van der Waals surface area contributed by atoms with E-state index >= 15 is 0 Å². The first-order valence-electron chi connectivity index (χ1n) is 6.56. The number of rotatable bonds is 2. The van der Waals surface area contributed by atoms with Crippen LogP contribution in [0.2, 0.25) is 0 Å². The number of hydrogen-bond donors (Lipinski definition) is 1. The van der Waals surface area contributed by atoms with Gasteiger partial charge in [0.25, 0.3) is 5.56 Å². The molecule has 2 heterocycles. The minimum Gasteiger partial charge on any atom is -0.494 e. The third-order valence-corrected chi connectivity index (χ3v) is 3.66. The van der Waals surface area contributed by atoms with Gasteiger partial charge in [0.2, 0.25) is 0 Å². The Morgan fingerprint density at radius 2 is 2.37 bits per heavy atom. The molecule has 5 heteroatoms. The van der Waals surface area contributed by atoms with E-state index in [1.165, 1.54) is 0 Å². The number of benzene rings is 1. The number of nitrogens with one attached hydrogen (secondary N) is 1. The Labute approximate surface area is 111 Å². The maximum Gasteiger partial charge on any atom is 0.261 e. The first kappa shape index (κ1) is 12.2. The standard InChI is InChI=1S/C14H17N3O2/c1-19-12-6-2-5-11-13(12)16-9-17(14(11)18)10-4-3-7-15-8-10/h2,5-6,9-10,15H,3-4,7-8H2,1H3. The van der Waals surface area contributed by atoms with Crippen molar-refractivity contribution in [3.05, 3.63) is 34.9 Å². The molecule has 1 unspecified atom stereocenters. The second-order valence-electron chi connectivity index (χ2n) is 4.81. The molecule has 0 aliphatic carbocycles. The predicted octanol–water partition coefficient (Wildman–Crippen LogP) is 1.33. The van der Waals surface area contributed by atoms with Crippen LogP contribution in [0, 0.1) is 0 Å². The minimum atomic E-state index is 0.0117. The smallest absolute Gasteiger partial charge is 0.261 e. The van der Waals surface area contributed by atoms with Crippen LogP contribution in [0.5, 0.6) is 5.75 Å². The van der Waals surface area contributed by atoms with Crippen LogP contribution in [-0.4, -0.2) is 29.8 Å². The topological polar surface area (TPSA) is 56.1 Å². The lowest BCUT2D eigenvalue weighted by molar-refractivity contribution is 0.362. The summed E-state index contributed by atoms with van der Waals surface area (Å²) in [5.74, 6) is 0.642. The number of piperidine rings is 1. The second-order valence-corrected chi connectivity index (χ2v) is 4.81. The van der Waals surface area contributed by atoms with Crippen LogP contribution in [0.3, 0.4) is 0 Å². The SMILES string of the molecule is COc1cccc2c(=O)n(C3CCCNC3)cnc12. The third kappa shape index (κ3) is 2.10. The van der Waals surface area contributed by atoms with Gasteiger partial charge in [-0.3, -0.25) is 9.36 Å². The Morgan fingerprint density at radius 3 is 3.11 bits per heavy atom. The number of nitrogens with zero attached hydrogens (tertiary/aromatic N) is 2. The summed E-state index contributed by atoms with van der Waals surface area (Å²) in [6, 6.07) is 5.65. The molecule has 19 heavy (non-hydrogen) atoms. The molecule has 3 rings (SSSR count). The van der Waals surface area contributed by atoms with Crippen LogP contribution < -0.4 is 15.6 Å². The molecule has 1 N–H and O–H groups in total. The summed E-state index contributed by atoms with van der Waals surface area (Å²) in [5.41, 5.74) is 0.646. The molecule has 0 amide bonds. The van der Waals surface area contributed by atoms with Gasteiger partial charge in [0, 0.05) is 6.54 Å². The Morgan fingerprint density at radius 1 is 1.47 bits per heavy atom. The number of para-hydroxylation sites is 1. The van der Waals surface area contributed by atoms with Crippen molar-refractivity contribution in [3.63, 3.8) is 0 Å². The average Bonchev–Trinajstić information content (AvgIpc) is 2.48. The lowest BCUT2D eigenvalue weighted by Gasteiger charge is -2.24. The Bertz CT molecular complexity index is 645. The highest BCUT2D eigenvalue weighted by molar-refractivity contribution is 5.83. The van der Waals surface area contributed by atoms with Gasteiger partial charge >= 0.3 is 0 Å². The number of aromatic nitrogens is 2. The summed E-state index contributed by atoms with van der Waals surface area (Å²) in [5, 5.41) is 3.94. The van der Waals surface area contributed by atoms with E-state index in [1.54, 1.807) is 24.1 Å². The Balaban J connectivity index is 2.13. The molecule has 0 radical (unpaired) electrons. The van der Waals surface area contributed by atoms with Crippen molar-refractivity contribution >= 4 is 10.9 Å². The predicted molar refractivity (Wildman–Crippen MR) is 73.7 cm³/mol. The van der Waals surface area contributed by atoms with E-state index in [0.717, 1.165) is 25.9 Å². The maximum absolute atomic E-state index is 12.5.